The molecule has 0 fully saturated rings. The van der Waals surface area contributed by atoms with Crippen LogP contribution in [0.5, 0.6) is 0 Å². The lowest BCUT2D eigenvalue weighted by atomic mass is 10.0. The molecule has 2 rings (SSSR count). The van der Waals surface area contributed by atoms with E-state index in [1.165, 1.54) is 71.3 Å². The zero-order chi connectivity index (χ0) is 30.2. The Kier molecular flexibility index (Phi) is 16.7. The second-order valence-electron chi connectivity index (χ2n) is 11.6. The molecule has 232 valence electrons. The van der Waals surface area contributed by atoms with Gasteiger partial charge in [-0.05, 0) is 37.3 Å². The summed E-state index contributed by atoms with van der Waals surface area (Å²) in [6.45, 7) is 11.1. The number of esters is 1. The van der Waals surface area contributed by atoms with Crippen LogP contribution in [0.3, 0.4) is 0 Å². The highest BCUT2D eigenvalue weighted by atomic mass is 35.5. The Morgan fingerprint density at radius 1 is 0.854 bits per heavy atom. The predicted molar refractivity (Wildman–Crippen MR) is 169 cm³/mol. The van der Waals surface area contributed by atoms with Crippen LogP contribution >= 0.6 is 23.4 Å². The van der Waals surface area contributed by atoms with Crippen molar-refractivity contribution in [1.29, 1.82) is 0 Å². The molecule has 2 aromatic rings. The van der Waals surface area contributed by atoms with E-state index in [9.17, 15) is 9.59 Å². The van der Waals surface area contributed by atoms with Gasteiger partial charge in [0.15, 0.2) is 5.65 Å². The van der Waals surface area contributed by atoms with Crippen LogP contribution in [0, 0.1) is 12.8 Å². The molecular formula is C31H52ClN5O3S. The highest BCUT2D eigenvalue weighted by Gasteiger charge is 2.24. The molecule has 0 aliphatic rings. The van der Waals surface area contributed by atoms with Crippen LogP contribution in [0.2, 0.25) is 5.28 Å². The number of thioether (sulfide) groups is 1. The molecule has 1 amide bonds. The number of fused-ring (bicyclic) bond motifs is 1. The lowest BCUT2D eigenvalue weighted by Crippen LogP contribution is -2.44. The van der Waals surface area contributed by atoms with Gasteiger partial charge >= 0.3 is 5.97 Å². The zero-order valence-electron chi connectivity index (χ0n) is 26.1. The number of unbranched alkanes of at least 4 members (excludes halogenated alkanes) is 12. The third-order valence-corrected chi connectivity index (χ3v) is 8.45. The number of imidazole rings is 1. The molecule has 10 heteroatoms. The summed E-state index contributed by atoms with van der Waals surface area (Å²) in [6.07, 6.45) is 16.2. The van der Waals surface area contributed by atoms with Gasteiger partial charge in [0, 0.05) is 18.2 Å². The lowest BCUT2D eigenvalue weighted by Gasteiger charge is -2.19. The van der Waals surface area contributed by atoms with Gasteiger partial charge in [-0.2, -0.15) is 4.98 Å². The predicted octanol–water partition coefficient (Wildman–Crippen LogP) is 8.06. The van der Waals surface area contributed by atoms with Crippen molar-refractivity contribution in [3.8, 4) is 0 Å². The fraction of sp³-hybridized carbons (Fsp3) is 0.774. The van der Waals surface area contributed by atoms with Gasteiger partial charge in [0.1, 0.15) is 22.4 Å². The molecule has 0 unspecified atom stereocenters. The van der Waals surface area contributed by atoms with E-state index in [0.29, 0.717) is 17.3 Å². The van der Waals surface area contributed by atoms with Crippen LogP contribution in [0.4, 0.5) is 0 Å². The van der Waals surface area contributed by atoms with Gasteiger partial charge in [0.2, 0.25) is 11.2 Å². The number of ether oxygens (including phenoxy) is 1. The first kappa shape index (κ1) is 35.3. The van der Waals surface area contributed by atoms with Gasteiger partial charge < -0.3 is 14.6 Å². The van der Waals surface area contributed by atoms with Crippen LogP contribution in [0.25, 0.3) is 11.2 Å². The maximum atomic E-state index is 12.1. The molecular weight excluding hydrogens is 558 g/mol. The third-order valence-electron chi connectivity index (χ3n) is 7.31. The van der Waals surface area contributed by atoms with E-state index in [4.69, 9.17) is 16.3 Å². The maximum absolute atomic E-state index is 12.1. The first-order valence-electron chi connectivity index (χ1n) is 15.6. The normalized spacial score (nSPS) is 12.4. The summed E-state index contributed by atoms with van der Waals surface area (Å²) in [5, 5.41) is 4.42. The van der Waals surface area contributed by atoms with Crippen molar-refractivity contribution < 1.29 is 14.3 Å². The molecule has 8 nitrogen and oxygen atoms in total. The fourth-order valence-electron chi connectivity index (χ4n) is 5.04. The van der Waals surface area contributed by atoms with E-state index in [2.05, 4.69) is 38.7 Å². The number of rotatable bonds is 21. The third kappa shape index (κ3) is 12.9. The Balaban J connectivity index is 1.49. The molecule has 1 atom stereocenters. The number of aryl methyl sites for hydroxylation is 2. The topological polar surface area (TPSA) is 99.0 Å². The number of methoxy groups -OCH3 is 1. The van der Waals surface area contributed by atoms with Gasteiger partial charge in [-0.25, -0.2) is 14.8 Å². The van der Waals surface area contributed by atoms with Crippen molar-refractivity contribution in [3.63, 3.8) is 0 Å². The van der Waals surface area contributed by atoms with E-state index in [-0.39, 0.29) is 23.1 Å². The number of aromatic nitrogens is 4. The average Bonchev–Trinajstić information content (AvgIpc) is 3.22. The van der Waals surface area contributed by atoms with Crippen LogP contribution in [-0.2, 0) is 20.9 Å². The summed E-state index contributed by atoms with van der Waals surface area (Å²) in [4.78, 5) is 37.4. The number of hydrogen-bond donors (Lipinski definition) is 1. The Morgan fingerprint density at radius 2 is 1.39 bits per heavy atom. The van der Waals surface area contributed by atoms with E-state index >= 15 is 0 Å². The van der Waals surface area contributed by atoms with Gasteiger partial charge in [-0.15, -0.1) is 11.8 Å². The summed E-state index contributed by atoms with van der Waals surface area (Å²) in [6, 6.07) is -0.557. The largest absolute Gasteiger partial charge is 0.467 e. The second kappa shape index (κ2) is 19.3. The number of halogens is 1. The van der Waals surface area contributed by atoms with E-state index in [1.54, 1.807) is 11.8 Å². The molecule has 0 spiro atoms. The van der Waals surface area contributed by atoms with E-state index < -0.39 is 6.04 Å². The lowest BCUT2D eigenvalue weighted by molar-refractivity contribution is -0.146. The van der Waals surface area contributed by atoms with Gasteiger partial charge in [-0.3, -0.25) is 4.79 Å². The highest BCUT2D eigenvalue weighted by Crippen LogP contribution is 2.30. The molecule has 2 heterocycles. The van der Waals surface area contributed by atoms with Gasteiger partial charge in [0.25, 0.3) is 0 Å². The number of nitrogens with zero attached hydrogens (tertiary/aromatic N) is 4. The van der Waals surface area contributed by atoms with Crippen LogP contribution < -0.4 is 5.32 Å². The van der Waals surface area contributed by atoms with Crippen LogP contribution in [0.1, 0.15) is 123 Å². The molecule has 2 aromatic heterocycles. The smallest absolute Gasteiger partial charge is 0.328 e. The van der Waals surface area contributed by atoms with Crippen LogP contribution in [0.15, 0.2) is 5.03 Å². The van der Waals surface area contributed by atoms with Crippen molar-refractivity contribution >= 4 is 46.4 Å². The standard InChI is InChI=1S/C31H52ClN5O3S/c1-22(2)26(30(39)40-6)34-25(38)20-18-16-14-12-10-8-7-9-11-13-15-17-19-21-37-24(5)33-28-27(37)29(41-23(3)4)36-31(32)35-28/h22-23,26H,7-21H2,1-6H3,(H,34,38)/t26-/m0/s1. The quantitative estimate of drug-likeness (QED) is 0.0502. The Hall–Kier alpha value is -1.87. The van der Waals surface area contributed by atoms with Gasteiger partial charge in [0.05, 0.1) is 7.11 Å². The molecule has 1 N–H and O–H groups in total. The number of carbonyl (C=O) groups is 2. The molecule has 0 aromatic carbocycles. The minimum Gasteiger partial charge on any atom is -0.467 e. The van der Waals surface area contributed by atoms with Crippen molar-refractivity contribution in [2.45, 2.75) is 147 Å². The van der Waals surface area contributed by atoms with Crippen molar-refractivity contribution in [2.75, 3.05) is 7.11 Å². The average molecular weight is 610 g/mol. The Labute approximate surface area is 256 Å². The summed E-state index contributed by atoms with van der Waals surface area (Å²) in [5.41, 5.74) is 1.72. The van der Waals surface area contributed by atoms with E-state index in [0.717, 1.165) is 42.2 Å². The molecule has 0 radical (unpaired) electrons. The zero-order valence-corrected chi connectivity index (χ0v) is 27.7. The number of amides is 1. The van der Waals surface area contributed by atoms with E-state index in [1.807, 2.05) is 20.8 Å². The number of hydrogen-bond acceptors (Lipinski definition) is 7. The Morgan fingerprint density at radius 3 is 1.90 bits per heavy atom. The fourth-order valence-corrected chi connectivity index (χ4v) is 6.15. The number of carbonyl (C=O) groups excluding carboxylic acids is 2. The summed E-state index contributed by atoms with van der Waals surface area (Å²) < 4.78 is 7.04. The molecule has 41 heavy (non-hydrogen) atoms. The summed E-state index contributed by atoms with van der Waals surface area (Å²) in [5.74, 6) is 0.557. The molecule has 0 aliphatic carbocycles. The van der Waals surface area contributed by atoms with Gasteiger partial charge in [-0.1, -0.05) is 98.3 Å². The first-order valence-corrected chi connectivity index (χ1v) is 16.8. The molecule has 0 aliphatic heterocycles. The summed E-state index contributed by atoms with van der Waals surface area (Å²) >= 11 is 7.86. The van der Waals surface area contributed by atoms with Crippen molar-refractivity contribution in [3.05, 3.63) is 11.1 Å². The first-order chi connectivity index (χ1) is 19.6. The van der Waals surface area contributed by atoms with Crippen LogP contribution in [-0.4, -0.2) is 49.8 Å². The maximum Gasteiger partial charge on any atom is 0.328 e. The minimum atomic E-state index is -0.557. The molecule has 0 bridgehead atoms. The summed E-state index contributed by atoms with van der Waals surface area (Å²) in [7, 11) is 1.35. The monoisotopic (exact) mass is 609 g/mol. The highest BCUT2D eigenvalue weighted by molar-refractivity contribution is 8.00. The molecule has 0 saturated heterocycles. The Bertz CT molecular complexity index is 1080. The molecule has 0 saturated carbocycles. The second-order valence-corrected chi connectivity index (χ2v) is 13.5. The van der Waals surface area contributed by atoms with Crippen molar-refractivity contribution in [1.82, 2.24) is 24.8 Å². The SMILES string of the molecule is COC(=O)[C@@H](NC(=O)CCCCCCCCCCCCCCCn1c(C)nc2nc(Cl)nc(SC(C)C)c21)C(C)C. The minimum absolute atomic E-state index is 0.0175. The van der Waals surface area contributed by atoms with Crippen molar-refractivity contribution in [2.24, 2.45) is 5.92 Å². The number of nitrogens with one attached hydrogen (secondary N) is 1.